The molecule has 0 aliphatic carbocycles. The third-order valence-corrected chi connectivity index (χ3v) is 3.86. The van der Waals surface area contributed by atoms with E-state index >= 15 is 0 Å². The minimum absolute atomic E-state index is 0.0784. The van der Waals surface area contributed by atoms with Gasteiger partial charge in [-0.05, 0) is 44.0 Å². The van der Waals surface area contributed by atoms with Crippen LogP contribution in [0.1, 0.15) is 30.1 Å². The van der Waals surface area contributed by atoms with Crippen LogP contribution in [-0.2, 0) is 4.84 Å². The smallest absolute Gasteiger partial charge is 0.387 e. The van der Waals surface area contributed by atoms with E-state index in [0.29, 0.717) is 24.4 Å². The Morgan fingerprint density at radius 3 is 2.69 bits per heavy atom. The second-order valence-corrected chi connectivity index (χ2v) is 6.02. The van der Waals surface area contributed by atoms with Gasteiger partial charge >= 0.3 is 6.61 Å². The number of alkyl halides is 2. The Labute approximate surface area is 155 Å². The van der Waals surface area contributed by atoms with Crippen molar-refractivity contribution in [2.75, 3.05) is 25.5 Å². The number of carbonyl (C=O) groups is 1. The molecule has 1 amide bonds. The number of rotatable bonds is 7. The number of nitrogens with zero attached hydrogens (tertiary/aromatic N) is 2. The molecule has 1 heterocycles. The van der Waals surface area contributed by atoms with E-state index in [-0.39, 0.29) is 22.5 Å². The molecule has 0 spiro atoms. The quantitative estimate of drug-likeness (QED) is 0.566. The lowest BCUT2D eigenvalue weighted by atomic mass is 10.1. The Morgan fingerprint density at radius 2 is 2.08 bits per heavy atom. The van der Waals surface area contributed by atoms with E-state index in [9.17, 15) is 13.6 Å². The average molecular weight is 388 g/mol. The number of carbonyl (C=O) groups excluding carboxylic acids is 1. The summed E-state index contributed by atoms with van der Waals surface area (Å²) < 4.78 is 30.1. The summed E-state index contributed by atoms with van der Waals surface area (Å²) in [4.78, 5) is 18.7. The summed E-state index contributed by atoms with van der Waals surface area (Å²) in [5.41, 5.74) is 1.10. The summed E-state index contributed by atoms with van der Waals surface area (Å²) in [5, 5.41) is 6.50. The Morgan fingerprint density at radius 1 is 1.38 bits per heavy atom. The molecule has 1 aromatic rings. The fourth-order valence-electron chi connectivity index (χ4n) is 2.60. The maximum atomic E-state index is 12.8. The molecule has 9 heteroatoms. The summed E-state index contributed by atoms with van der Waals surface area (Å²) >= 11 is 5.81. The zero-order valence-corrected chi connectivity index (χ0v) is 15.2. The molecule has 1 fully saturated rings. The molecule has 1 saturated heterocycles. The summed E-state index contributed by atoms with van der Waals surface area (Å²) in [6, 6.07) is 4.40. The van der Waals surface area contributed by atoms with E-state index in [1.807, 2.05) is 0 Å². The molecule has 0 atom stereocenters. The van der Waals surface area contributed by atoms with Crippen LogP contribution in [0.3, 0.4) is 0 Å². The van der Waals surface area contributed by atoms with Crippen LogP contribution in [0.15, 0.2) is 35.1 Å². The Bertz CT molecular complexity index is 704. The SMILES string of the molecule is CO/N=C(Cl)\C=C(/C)Nc1ccc(C(=O)N2CCCC2)cc1OC(F)F. The van der Waals surface area contributed by atoms with Crippen LogP contribution in [0.2, 0.25) is 0 Å². The van der Waals surface area contributed by atoms with Crippen molar-refractivity contribution in [3.8, 4) is 5.75 Å². The first-order chi connectivity index (χ1) is 12.4. The fourth-order valence-corrected chi connectivity index (χ4v) is 2.83. The van der Waals surface area contributed by atoms with E-state index in [4.69, 9.17) is 11.6 Å². The molecule has 142 valence electrons. The molecule has 0 aromatic heterocycles. The van der Waals surface area contributed by atoms with Gasteiger partial charge in [0.1, 0.15) is 12.9 Å². The molecule has 6 nitrogen and oxygen atoms in total. The Balaban J connectivity index is 2.25. The van der Waals surface area contributed by atoms with E-state index in [0.717, 1.165) is 12.8 Å². The highest BCUT2D eigenvalue weighted by Crippen LogP contribution is 2.29. The predicted octanol–water partition coefficient (Wildman–Crippen LogP) is 4.04. The minimum atomic E-state index is -3.02. The predicted molar refractivity (Wildman–Crippen MR) is 95.9 cm³/mol. The van der Waals surface area contributed by atoms with Crippen molar-refractivity contribution in [2.45, 2.75) is 26.4 Å². The largest absolute Gasteiger partial charge is 0.433 e. The number of likely N-dealkylation sites (tertiary alicyclic amines) is 1. The average Bonchev–Trinajstić information content (AvgIpc) is 3.09. The summed E-state index contributed by atoms with van der Waals surface area (Å²) in [7, 11) is 1.35. The lowest BCUT2D eigenvalue weighted by Crippen LogP contribution is -2.27. The number of benzene rings is 1. The standard InChI is InChI=1S/C17H20ClF2N3O3/c1-11(9-15(18)22-25-2)21-13-6-5-12(10-14(13)26-17(19)20)16(24)23-7-3-4-8-23/h5-6,9-10,17,21H,3-4,7-8H2,1-2H3/b11-9+,22-15+. The highest BCUT2D eigenvalue weighted by molar-refractivity contribution is 6.68. The van der Waals surface area contributed by atoms with Crippen molar-refractivity contribution in [1.29, 1.82) is 0 Å². The zero-order valence-electron chi connectivity index (χ0n) is 14.5. The second kappa shape index (κ2) is 9.38. The molecule has 1 aliphatic heterocycles. The van der Waals surface area contributed by atoms with E-state index in [1.165, 1.54) is 25.3 Å². The molecule has 26 heavy (non-hydrogen) atoms. The van der Waals surface area contributed by atoms with Crippen LogP contribution in [0.25, 0.3) is 0 Å². The first kappa shape index (κ1) is 20.0. The van der Waals surface area contributed by atoms with Gasteiger partial charge in [0.15, 0.2) is 5.17 Å². The Hall–Kier alpha value is -2.35. The topological polar surface area (TPSA) is 63.2 Å². The van der Waals surface area contributed by atoms with Crippen LogP contribution in [0.4, 0.5) is 14.5 Å². The molecule has 1 aliphatic rings. The number of hydrogen-bond acceptors (Lipinski definition) is 5. The number of oxime groups is 1. The maximum absolute atomic E-state index is 12.8. The van der Waals surface area contributed by atoms with Gasteiger partial charge in [0, 0.05) is 24.4 Å². The first-order valence-corrected chi connectivity index (χ1v) is 8.38. The normalized spacial score (nSPS) is 15.4. The third kappa shape index (κ3) is 5.59. The molecular formula is C17H20ClF2N3O3. The van der Waals surface area contributed by atoms with E-state index < -0.39 is 6.61 Å². The van der Waals surface area contributed by atoms with Crippen LogP contribution in [-0.4, -0.2) is 42.8 Å². The Kier molecular flexibility index (Phi) is 7.20. The van der Waals surface area contributed by atoms with Crippen LogP contribution >= 0.6 is 11.6 Å². The molecule has 1 aromatic carbocycles. The number of allylic oxidation sites excluding steroid dienone is 2. The number of halogens is 3. The second-order valence-electron chi connectivity index (χ2n) is 5.64. The van der Waals surface area contributed by atoms with Crippen molar-refractivity contribution < 1.29 is 23.1 Å². The molecule has 0 bridgehead atoms. The summed E-state index contributed by atoms with van der Waals surface area (Å²) in [6.45, 7) is -0.00891. The highest BCUT2D eigenvalue weighted by Gasteiger charge is 2.21. The van der Waals surface area contributed by atoms with Crippen LogP contribution in [0, 0.1) is 0 Å². The van der Waals surface area contributed by atoms with Crippen molar-refractivity contribution in [3.63, 3.8) is 0 Å². The summed E-state index contributed by atoms with van der Waals surface area (Å²) in [5.74, 6) is -0.326. The van der Waals surface area contributed by atoms with Crippen molar-refractivity contribution in [1.82, 2.24) is 4.90 Å². The van der Waals surface area contributed by atoms with Gasteiger partial charge in [0.05, 0.1) is 5.69 Å². The number of anilines is 1. The number of amides is 1. The van der Waals surface area contributed by atoms with Gasteiger partial charge in [-0.15, -0.1) is 0 Å². The van der Waals surface area contributed by atoms with Crippen molar-refractivity contribution in [3.05, 3.63) is 35.5 Å². The van der Waals surface area contributed by atoms with Gasteiger partial charge in [0.25, 0.3) is 5.91 Å². The van der Waals surface area contributed by atoms with Gasteiger partial charge in [-0.3, -0.25) is 4.79 Å². The first-order valence-electron chi connectivity index (χ1n) is 8.01. The van der Waals surface area contributed by atoms with Crippen molar-refractivity contribution >= 4 is 28.4 Å². The van der Waals surface area contributed by atoms with Crippen LogP contribution in [0.5, 0.6) is 5.75 Å². The van der Waals surface area contributed by atoms with E-state index in [1.54, 1.807) is 17.9 Å². The summed E-state index contributed by atoms with van der Waals surface area (Å²) in [6.07, 6.45) is 3.35. The lowest BCUT2D eigenvalue weighted by Gasteiger charge is -2.18. The maximum Gasteiger partial charge on any atom is 0.387 e. The fraction of sp³-hybridized carbons (Fsp3) is 0.412. The van der Waals surface area contributed by atoms with Gasteiger partial charge in [-0.2, -0.15) is 8.78 Å². The highest BCUT2D eigenvalue weighted by atomic mass is 35.5. The monoisotopic (exact) mass is 387 g/mol. The molecule has 0 unspecified atom stereocenters. The van der Waals surface area contributed by atoms with E-state index in [2.05, 4.69) is 20.0 Å². The molecular weight excluding hydrogens is 368 g/mol. The van der Waals surface area contributed by atoms with Gasteiger partial charge in [-0.25, -0.2) is 0 Å². The van der Waals surface area contributed by atoms with Gasteiger partial charge < -0.3 is 19.8 Å². The number of nitrogens with one attached hydrogen (secondary N) is 1. The minimum Gasteiger partial charge on any atom is -0.433 e. The number of ether oxygens (including phenoxy) is 1. The van der Waals surface area contributed by atoms with Gasteiger partial charge in [-0.1, -0.05) is 16.8 Å². The van der Waals surface area contributed by atoms with Gasteiger partial charge in [0.2, 0.25) is 0 Å². The molecule has 0 radical (unpaired) electrons. The third-order valence-electron chi connectivity index (χ3n) is 3.68. The molecule has 1 N–H and O–H groups in total. The van der Waals surface area contributed by atoms with Crippen molar-refractivity contribution in [2.24, 2.45) is 5.16 Å². The lowest BCUT2D eigenvalue weighted by molar-refractivity contribution is -0.0494. The zero-order chi connectivity index (χ0) is 19.1. The molecule has 0 saturated carbocycles. The molecule has 2 rings (SSSR count). The van der Waals surface area contributed by atoms with Crippen LogP contribution < -0.4 is 10.1 Å². The number of hydrogen-bond donors (Lipinski definition) is 1.